The van der Waals surface area contributed by atoms with E-state index in [1.54, 1.807) is 21.0 Å². The molecule has 7 aliphatic rings. The van der Waals surface area contributed by atoms with Crippen LogP contribution in [0.3, 0.4) is 0 Å². The molecule has 4 fully saturated rings. The second-order valence-electron chi connectivity index (χ2n) is 16.5. The Labute approximate surface area is 294 Å². The maximum absolute atomic E-state index is 15.0. The van der Waals surface area contributed by atoms with Crippen molar-refractivity contribution < 1.29 is 27.5 Å². The van der Waals surface area contributed by atoms with Crippen molar-refractivity contribution in [2.24, 2.45) is 16.7 Å². The maximum atomic E-state index is 15.0. The zero-order chi connectivity index (χ0) is 34.7. The summed E-state index contributed by atoms with van der Waals surface area (Å²) in [5.41, 5.74) is 6.47. The molecular weight excluding hydrogens is 653 g/mol. The summed E-state index contributed by atoms with van der Waals surface area (Å²) >= 11 is 0. The predicted octanol–water partition coefficient (Wildman–Crippen LogP) is 4.62. The van der Waals surface area contributed by atoms with E-state index in [9.17, 15) is 18.0 Å². The number of methoxy groups -OCH3 is 1. The third-order valence-electron chi connectivity index (χ3n) is 13.2. The number of rotatable bonds is 6. The molecule has 1 saturated carbocycles. The molecule has 4 atom stereocenters. The molecule has 50 heavy (non-hydrogen) atoms. The summed E-state index contributed by atoms with van der Waals surface area (Å²) in [6, 6.07) is 6.55. The van der Waals surface area contributed by atoms with Crippen molar-refractivity contribution in [1.29, 1.82) is 0 Å². The predicted molar refractivity (Wildman–Crippen MR) is 190 cm³/mol. The molecule has 1 N–H and O–H groups in total. The molecule has 1 aromatic heterocycles. The summed E-state index contributed by atoms with van der Waals surface area (Å²) in [6.45, 7) is 8.22. The van der Waals surface area contributed by atoms with Crippen molar-refractivity contribution in [3.63, 3.8) is 0 Å². The first-order valence-corrected chi connectivity index (χ1v) is 20.0. The molecule has 11 heteroatoms. The van der Waals surface area contributed by atoms with Crippen LogP contribution in [0.1, 0.15) is 75.5 Å². The smallest absolute Gasteiger partial charge is 0.265 e. The van der Waals surface area contributed by atoms with Gasteiger partial charge in [0, 0.05) is 60.6 Å². The van der Waals surface area contributed by atoms with Crippen LogP contribution >= 0.6 is 0 Å². The minimum atomic E-state index is -3.83. The fourth-order valence-corrected chi connectivity index (χ4v) is 11.4. The lowest BCUT2D eigenvalue weighted by Crippen LogP contribution is -2.43. The van der Waals surface area contributed by atoms with E-state index in [-0.39, 0.29) is 28.6 Å². The first-order valence-electron chi connectivity index (χ1n) is 18.4. The Morgan fingerprint density at radius 1 is 1.04 bits per heavy atom. The van der Waals surface area contributed by atoms with E-state index in [1.807, 2.05) is 0 Å². The Hall–Kier alpha value is -3.41. The molecular formula is C39H48N4O6S. The summed E-state index contributed by atoms with van der Waals surface area (Å²) in [7, 11) is 0.0525. The first-order chi connectivity index (χ1) is 24.0. The zero-order valence-electron chi connectivity index (χ0n) is 29.6. The minimum Gasteiger partial charge on any atom is -0.496 e. The molecule has 5 heterocycles. The summed E-state index contributed by atoms with van der Waals surface area (Å²) in [5, 5.41) is 0.295. The van der Waals surface area contributed by atoms with Crippen LogP contribution in [0.25, 0.3) is 10.9 Å². The van der Waals surface area contributed by atoms with E-state index in [0.29, 0.717) is 50.8 Å². The number of carbonyl (C=O) groups is 2. The number of benzene rings is 1. The van der Waals surface area contributed by atoms with Gasteiger partial charge in [-0.2, -0.15) is 0 Å². The maximum Gasteiger partial charge on any atom is 0.265 e. The van der Waals surface area contributed by atoms with Gasteiger partial charge in [0.05, 0.1) is 42.6 Å². The monoisotopic (exact) mass is 700 g/mol. The fourth-order valence-electron chi connectivity index (χ4n) is 10.8. The molecule has 10 nitrogen and oxygen atoms in total. The van der Waals surface area contributed by atoms with Crippen LogP contribution in [0.5, 0.6) is 5.75 Å². The van der Waals surface area contributed by atoms with Crippen molar-refractivity contribution in [3.05, 3.63) is 63.9 Å². The Morgan fingerprint density at radius 3 is 2.44 bits per heavy atom. The number of aromatic nitrogens is 1. The van der Waals surface area contributed by atoms with E-state index >= 15 is 0 Å². The Bertz CT molecular complexity index is 2010. The van der Waals surface area contributed by atoms with Crippen LogP contribution in [0.15, 0.2) is 52.6 Å². The second kappa shape index (κ2) is 11.3. The van der Waals surface area contributed by atoms with Gasteiger partial charge in [0.25, 0.3) is 5.91 Å². The van der Waals surface area contributed by atoms with Gasteiger partial charge < -0.3 is 23.8 Å². The average molecular weight is 701 g/mol. The molecule has 2 amide bonds. The quantitative estimate of drug-likeness (QED) is 0.469. The summed E-state index contributed by atoms with van der Waals surface area (Å²) < 4.78 is 42.4. The van der Waals surface area contributed by atoms with Crippen molar-refractivity contribution in [2.45, 2.75) is 76.0 Å². The molecule has 266 valence electrons. The van der Waals surface area contributed by atoms with Crippen molar-refractivity contribution in [2.75, 3.05) is 53.6 Å². The lowest BCUT2D eigenvalue weighted by molar-refractivity contribution is -0.136. The van der Waals surface area contributed by atoms with Gasteiger partial charge in [-0.1, -0.05) is 37.5 Å². The molecule has 3 saturated heterocycles. The number of amides is 2. The third-order valence-corrected chi connectivity index (χ3v) is 14.9. The van der Waals surface area contributed by atoms with Gasteiger partial charge in [-0.3, -0.25) is 9.59 Å². The lowest BCUT2D eigenvalue weighted by Gasteiger charge is -2.34. The van der Waals surface area contributed by atoms with Crippen molar-refractivity contribution in [3.8, 4) is 5.75 Å². The highest BCUT2D eigenvalue weighted by atomic mass is 32.2. The van der Waals surface area contributed by atoms with Gasteiger partial charge in [-0.15, -0.1) is 0 Å². The average Bonchev–Trinajstić information content (AvgIpc) is 3.22. The number of nitrogens with one attached hydrogen (secondary N) is 1. The van der Waals surface area contributed by atoms with Gasteiger partial charge in [-0.25, -0.2) is 13.1 Å². The second-order valence-corrected chi connectivity index (χ2v) is 18.7. The van der Waals surface area contributed by atoms with Crippen molar-refractivity contribution >= 4 is 32.7 Å². The highest BCUT2D eigenvalue weighted by molar-refractivity contribution is 7.90. The normalized spacial score (nSPS) is 30.7. The van der Waals surface area contributed by atoms with E-state index in [0.717, 1.165) is 65.0 Å². The first kappa shape index (κ1) is 32.5. The zero-order valence-corrected chi connectivity index (χ0v) is 30.4. The van der Waals surface area contributed by atoms with Crippen LogP contribution in [-0.2, 0) is 30.9 Å². The molecule has 0 radical (unpaired) electrons. The number of nitrogens with zero attached hydrogens (tertiary/aromatic N) is 3. The summed E-state index contributed by atoms with van der Waals surface area (Å²) in [4.78, 5) is 33.2. The molecule has 1 aromatic carbocycles. The van der Waals surface area contributed by atoms with Crippen LogP contribution in [0, 0.1) is 16.7 Å². The number of likely N-dealkylation sites (tertiary alicyclic amines) is 2. The number of ether oxygens (including phenoxy) is 2. The van der Waals surface area contributed by atoms with Crippen LogP contribution in [0.4, 0.5) is 0 Å². The van der Waals surface area contributed by atoms with Gasteiger partial charge in [0.2, 0.25) is 15.9 Å². The highest BCUT2D eigenvalue weighted by Crippen LogP contribution is 2.58. The Balaban J connectivity index is 1.18. The van der Waals surface area contributed by atoms with Crippen LogP contribution in [0.2, 0.25) is 0 Å². The molecule has 0 bridgehead atoms. The largest absolute Gasteiger partial charge is 0.496 e. The number of carbonyl (C=O) groups excluding carboxylic acids is 2. The topological polar surface area (TPSA) is 110 Å². The molecule has 9 rings (SSSR count). The number of sulfonamides is 1. The number of allylic oxidation sites excluding steroid dienone is 4. The fraction of sp³-hybridized carbons (Fsp3) is 0.590. The molecule has 0 spiro atoms. The van der Waals surface area contributed by atoms with Crippen LogP contribution in [-0.4, -0.2) is 93.4 Å². The van der Waals surface area contributed by atoms with Gasteiger partial charge >= 0.3 is 0 Å². The number of hydrogen-bond donors (Lipinski definition) is 1. The third kappa shape index (κ3) is 4.61. The van der Waals surface area contributed by atoms with Gasteiger partial charge in [0.1, 0.15) is 5.75 Å². The SMILES string of the molecule is COc1ccc(C2CCCCC2)c2c1cc1n2CC2=C(C(=O)NS(=O)(=O)C(C)C)C2=C2C=CC[C@@H](C(=O)N3CC45COCC4(CN(C)C5)C3)C21. The minimum absolute atomic E-state index is 0.0395. The van der Waals surface area contributed by atoms with Gasteiger partial charge in [-0.05, 0) is 80.5 Å². The van der Waals surface area contributed by atoms with Crippen LogP contribution < -0.4 is 9.46 Å². The number of fused-ring (bicyclic) bond motifs is 6. The van der Waals surface area contributed by atoms with Gasteiger partial charge in [0.15, 0.2) is 0 Å². The van der Waals surface area contributed by atoms with E-state index in [1.165, 1.54) is 24.8 Å². The van der Waals surface area contributed by atoms with E-state index < -0.39 is 21.2 Å². The molecule has 2 aromatic rings. The van der Waals surface area contributed by atoms with E-state index in [4.69, 9.17) is 9.47 Å². The summed E-state index contributed by atoms with van der Waals surface area (Å²) in [5.74, 6) is 0.146. The molecule has 3 aliphatic carbocycles. The molecule has 4 aliphatic heterocycles. The molecule has 3 unspecified atom stereocenters. The number of hydrogen-bond acceptors (Lipinski definition) is 7. The van der Waals surface area contributed by atoms with Crippen molar-refractivity contribution in [1.82, 2.24) is 19.1 Å². The lowest BCUT2D eigenvalue weighted by atomic mass is 9.71. The highest BCUT2D eigenvalue weighted by Gasteiger charge is 2.66. The standard InChI is InChI=1S/C39H48N4O6S/c1-23(2)50(46,47)40-36(44)34-29-16-43-30(15-28-31(48-4)14-13-25(35(28)43)24-9-6-5-7-10-24)32-26(33(29)34)11-8-12-27(32)37(45)42-19-38-17-41(3)18-39(38,20-42)22-49-21-38/h8,11,13-15,23-24,27,32H,5-7,9-10,12,16-22H2,1-4H3,(H,40,44)/t27-,32?,38?,39?/m1/s1. The van der Waals surface area contributed by atoms with E-state index in [2.05, 4.69) is 56.5 Å². The Kier molecular flexibility index (Phi) is 7.34. The Morgan fingerprint density at radius 2 is 1.76 bits per heavy atom. The summed E-state index contributed by atoms with van der Waals surface area (Å²) in [6.07, 6.45) is 10.7.